The lowest BCUT2D eigenvalue weighted by molar-refractivity contribution is -0.118. The van der Waals surface area contributed by atoms with E-state index in [0.717, 1.165) is 0 Å². The predicted octanol–water partition coefficient (Wildman–Crippen LogP) is 1.97. The molecule has 2 aromatic heterocycles. The largest absolute Gasteiger partial charge is 0.484 e. The maximum atomic E-state index is 12.1. The van der Waals surface area contributed by atoms with Crippen molar-refractivity contribution in [1.82, 2.24) is 25.0 Å². The second-order valence-electron chi connectivity index (χ2n) is 4.71. The number of halogens is 1. The molecule has 1 amide bonds. The molecule has 0 atom stereocenters. The van der Waals surface area contributed by atoms with Gasteiger partial charge in [0.15, 0.2) is 12.4 Å². The van der Waals surface area contributed by atoms with Crippen molar-refractivity contribution in [2.75, 3.05) is 11.9 Å². The van der Waals surface area contributed by atoms with Crippen molar-refractivity contribution in [3.8, 4) is 11.6 Å². The van der Waals surface area contributed by atoms with Gasteiger partial charge in [0.1, 0.15) is 24.1 Å². The van der Waals surface area contributed by atoms with Gasteiger partial charge in [-0.2, -0.15) is 5.10 Å². The number of amides is 1. The van der Waals surface area contributed by atoms with Gasteiger partial charge in [0, 0.05) is 5.02 Å². The summed E-state index contributed by atoms with van der Waals surface area (Å²) in [7, 11) is 0. The van der Waals surface area contributed by atoms with Crippen LogP contribution >= 0.6 is 11.6 Å². The maximum absolute atomic E-state index is 12.1. The molecular weight excluding hydrogens is 320 g/mol. The lowest BCUT2D eigenvalue weighted by Crippen LogP contribution is -2.21. The van der Waals surface area contributed by atoms with Gasteiger partial charge >= 0.3 is 0 Å². The van der Waals surface area contributed by atoms with Gasteiger partial charge in [-0.05, 0) is 31.2 Å². The highest BCUT2D eigenvalue weighted by Crippen LogP contribution is 2.21. The second-order valence-corrected chi connectivity index (χ2v) is 5.14. The molecule has 0 aliphatic heterocycles. The molecule has 118 valence electrons. The third kappa shape index (κ3) is 3.49. The minimum atomic E-state index is -0.307. The number of carbonyl (C=O) groups is 1. The number of aryl methyl sites for hydroxylation is 1. The van der Waals surface area contributed by atoms with Crippen molar-refractivity contribution in [2.45, 2.75) is 6.92 Å². The number of benzene rings is 1. The topological polar surface area (TPSA) is 97.7 Å². The zero-order chi connectivity index (χ0) is 16.2. The maximum Gasteiger partial charge on any atom is 0.262 e. The summed E-state index contributed by atoms with van der Waals surface area (Å²) in [5.41, 5.74) is 1.27. The second kappa shape index (κ2) is 6.49. The first-order valence-electron chi connectivity index (χ1n) is 6.71. The number of hydrogen-bond donors (Lipinski definition) is 2. The molecule has 0 saturated carbocycles. The fraction of sp³-hybridized carbons (Fsp3) is 0.143. The van der Waals surface area contributed by atoms with E-state index < -0.39 is 0 Å². The molecule has 0 aliphatic rings. The van der Waals surface area contributed by atoms with Crippen LogP contribution in [-0.2, 0) is 4.79 Å². The van der Waals surface area contributed by atoms with E-state index >= 15 is 0 Å². The Morgan fingerprint density at radius 3 is 2.70 bits per heavy atom. The zero-order valence-electron chi connectivity index (χ0n) is 12.2. The van der Waals surface area contributed by atoms with E-state index in [1.165, 1.54) is 12.7 Å². The summed E-state index contributed by atoms with van der Waals surface area (Å²) in [6.45, 7) is 1.67. The van der Waals surface area contributed by atoms with Crippen molar-refractivity contribution in [1.29, 1.82) is 0 Å². The van der Waals surface area contributed by atoms with E-state index in [2.05, 4.69) is 25.7 Å². The Hall–Kier alpha value is -2.87. The van der Waals surface area contributed by atoms with Crippen LogP contribution in [0.15, 0.2) is 36.9 Å². The molecule has 0 saturated heterocycles. The summed E-state index contributed by atoms with van der Waals surface area (Å²) >= 11 is 5.80. The predicted molar refractivity (Wildman–Crippen MR) is 83.8 cm³/mol. The smallest absolute Gasteiger partial charge is 0.262 e. The first-order chi connectivity index (χ1) is 11.1. The average Bonchev–Trinajstić information content (AvgIpc) is 3.18. The van der Waals surface area contributed by atoms with Gasteiger partial charge in [-0.3, -0.25) is 14.5 Å². The Bertz CT molecular complexity index is 797. The highest BCUT2D eigenvalue weighted by molar-refractivity contribution is 6.30. The summed E-state index contributed by atoms with van der Waals surface area (Å²) < 4.78 is 7.01. The van der Waals surface area contributed by atoms with Crippen molar-refractivity contribution >= 4 is 23.2 Å². The van der Waals surface area contributed by atoms with Crippen molar-refractivity contribution in [3.63, 3.8) is 0 Å². The normalized spacial score (nSPS) is 10.5. The van der Waals surface area contributed by atoms with E-state index in [0.29, 0.717) is 28.0 Å². The lowest BCUT2D eigenvalue weighted by Gasteiger charge is -2.08. The van der Waals surface area contributed by atoms with Crippen molar-refractivity contribution in [3.05, 3.63) is 47.6 Å². The number of hydrogen-bond acceptors (Lipinski definition) is 5. The van der Waals surface area contributed by atoms with E-state index in [4.69, 9.17) is 16.3 Å². The van der Waals surface area contributed by atoms with Crippen LogP contribution in [0.3, 0.4) is 0 Å². The number of nitrogens with one attached hydrogen (secondary N) is 2. The van der Waals surface area contributed by atoms with Crippen LogP contribution in [0, 0.1) is 6.92 Å². The molecule has 0 aliphatic carbocycles. The number of anilines is 1. The first kappa shape index (κ1) is 15.0. The molecule has 0 unspecified atom stereocenters. The Kier molecular flexibility index (Phi) is 4.24. The summed E-state index contributed by atoms with van der Waals surface area (Å²) in [4.78, 5) is 12.1. The summed E-state index contributed by atoms with van der Waals surface area (Å²) in [6, 6.07) is 6.78. The quantitative estimate of drug-likeness (QED) is 0.744. The van der Waals surface area contributed by atoms with Gasteiger partial charge in [0.2, 0.25) is 0 Å². The van der Waals surface area contributed by atoms with Crippen LogP contribution in [-0.4, -0.2) is 37.5 Å². The number of aromatic amines is 1. The Labute approximate surface area is 136 Å². The number of aromatic nitrogens is 5. The molecule has 1 aromatic carbocycles. The number of carbonyl (C=O) groups excluding carboxylic acids is 1. The third-order valence-corrected chi connectivity index (χ3v) is 3.29. The van der Waals surface area contributed by atoms with Crippen molar-refractivity contribution < 1.29 is 9.53 Å². The van der Waals surface area contributed by atoms with Crippen LogP contribution in [0.1, 0.15) is 5.69 Å². The van der Waals surface area contributed by atoms with Crippen LogP contribution in [0.2, 0.25) is 5.02 Å². The van der Waals surface area contributed by atoms with E-state index in [1.54, 1.807) is 35.8 Å². The average molecular weight is 333 g/mol. The standard InChI is InChI=1S/C14H13ClN6O2/c1-9-13(14(20-19-9)21-7-16-17-8-21)18-12(22)6-23-11-4-2-10(15)3-5-11/h2-5,7-8H,6H2,1H3,(H,18,22)(H,19,20). The molecule has 2 N–H and O–H groups in total. The highest BCUT2D eigenvalue weighted by atomic mass is 35.5. The van der Waals surface area contributed by atoms with Gasteiger partial charge in [-0.25, -0.2) is 0 Å². The Balaban J connectivity index is 1.66. The monoisotopic (exact) mass is 332 g/mol. The van der Waals surface area contributed by atoms with E-state index in [-0.39, 0.29) is 12.5 Å². The first-order valence-corrected chi connectivity index (χ1v) is 7.09. The lowest BCUT2D eigenvalue weighted by atomic mass is 10.3. The third-order valence-electron chi connectivity index (χ3n) is 3.04. The van der Waals surface area contributed by atoms with Gasteiger partial charge < -0.3 is 10.1 Å². The van der Waals surface area contributed by atoms with E-state index in [1.807, 2.05) is 0 Å². The molecule has 8 nitrogen and oxygen atoms in total. The van der Waals surface area contributed by atoms with Crippen LogP contribution < -0.4 is 10.1 Å². The molecule has 3 aromatic rings. The summed E-state index contributed by atoms with van der Waals surface area (Å²) in [6.07, 6.45) is 2.99. The van der Waals surface area contributed by atoms with Gasteiger partial charge in [0.25, 0.3) is 5.91 Å². The van der Waals surface area contributed by atoms with Gasteiger partial charge in [0.05, 0.1) is 5.69 Å². The fourth-order valence-corrected chi connectivity index (χ4v) is 2.04. The fourth-order valence-electron chi connectivity index (χ4n) is 1.92. The van der Waals surface area contributed by atoms with Crippen LogP contribution in [0.4, 0.5) is 5.69 Å². The Morgan fingerprint density at radius 1 is 1.30 bits per heavy atom. The Morgan fingerprint density at radius 2 is 2.00 bits per heavy atom. The number of H-pyrrole nitrogens is 1. The van der Waals surface area contributed by atoms with Crippen molar-refractivity contribution in [2.24, 2.45) is 0 Å². The number of rotatable bonds is 5. The molecule has 9 heteroatoms. The molecule has 0 spiro atoms. The van der Waals surface area contributed by atoms with Crippen LogP contribution in [0.5, 0.6) is 5.75 Å². The molecule has 23 heavy (non-hydrogen) atoms. The SMILES string of the molecule is Cc1[nH]nc(-n2cnnc2)c1NC(=O)COc1ccc(Cl)cc1. The molecule has 3 rings (SSSR count). The number of ether oxygens (including phenoxy) is 1. The molecule has 0 bridgehead atoms. The highest BCUT2D eigenvalue weighted by Gasteiger charge is 2.15. The van der Waals surface area contributed by atoms with E-state index in [9.17, 15) is 4.79 Å². The minimum Gasteiger partial charge on any atom is -0.484 e. The molecular formula is C14H13ClN6O2. The molecule has 2 heterocycles. The zero-order valence-corrected chi connectivity index (χ0v) is 12.9. The summed E-state index contributed by atoms with van der Waals surface area (Å²) in [5.74, 6) is 0.763. The minimum absolute atomic E-state index is 0.131. The number of nitrogens with zero attached hydrogens (tertiary/aromatic N) is 4. The van der Waals surface area contributed by atoms with Gasteiger partial charge in [-0.15, -0.1) is 10.2 Å². The summed E-state index contributed by atoms with van der Waals surface area (Å²) in [5, 5.41) is 17.8. The molecule has 0 fully saturated rings. The molecule has 0 radical (unpaired) electrons. The van der Waals surface area contributed by atoms with Crippen LogP contribution in [0.25, 0.3) is 5.82 Å². The van der Waals surface area contributed by atoms with Gasteiger partial charge in [-0.1, -0.05) is 11.6 Å².